The highest BCUT2D eigenvalue weighted by molar-refractivity contribution is 6.02. The topological polar surface area (TPSA) is 54.1 Å². The maximum Gasteiger partial charge on any atom is 0.252 e. The highest BCUT2D eigenvalue weighted by atomic mass is 16.5. The van der Waals surface area contributed by atoms with Gasteiger partial charge in [-0.25, -0.2) is 0 Å². The van der Waals surface area contributed by atoms with Crippen LogP contribution >= 0.6 is 0 Å². The first kappa shape index (κ1) is 14.6. The third-order valence-electron chi connectivity index (χ3n) is 4.77. The lowest BCUT2D eigenvalue weighted by Crippen LogP contribution is -2.39. The van der Waals surface area contributed by atoms with Crippen molar-refractivity contribution in [2.24, 2.45) is 0 Å². The van der Waals surface area contributed by atoms with Crippen LogP contribution in [0.4, 0.5) is 0 Å². The van der Waals surface area contributed by atoms with Gasteiger partial charge in [-0.3, -0.25) is 4.79 Å². The SMILES string of the molecule is C=CC[C@@]1(c2c[nH]c3c(OC)cccc23)NC(=O)c2ccccc21. The normalized spacial score (nSPS) is 19.1. The second-order valence-electron chi connectivity index (χ2n) is 5.98. The first-order valence-corrected chi connectivity index (χ1v) is 7.89. The van der Waals surface area contributed by atoms with E-state index < -0.39 is 5.54 Å². The van der Waals surface area contributed by atoms with E-state index in [9.17, 15) is 4.79 Å². The van der Waals surface area contributed by atoms with E-state index in [1.807, 2.05) is 54.7 Å². The van der Waals surface area contributed by atoms with Crippen LogP contribution in [-0.4, -0.2) is 18.0 Å². The summed E-state index contributed by atoms with van der Waals surface area (Å²) in [5.41, 5.74) is 3.04. The quantitative estimate of drug-likeness (QED) is 0.720. The van der Waals surface area contributed by atoms with Crippen LogP contribution in [0.15, 0.2) is 61.3 Å². The number of aromatic nitrogens is 1. The van der Waals surface area contributed by atoms with Gasteiger partial charge in [0.15, 0.2) is 0 Å². The Morgan fingerprint density at radius 3 is 2.79 bits per heavy atom. The van der Waals surface area contributed by atoms with Gasteiger partial charge in [-0.15, -0.1) is 6.58 Å². The molecule has 4 heteroatoms. The molecular weight excluding hydrogens is 300 g/mol. The number of amides is 1. The molecular formula is C20H18N2O2. The van der Waals surface area contributed by atoms with Gasteiger partial charge in [0.25, 0.3) is 5.91 Å². The van der Waals surface area contributed by atoms with E-state index in [2.05, 4.69) is 16.9 Å². The monoisotopic (exact) mass is 318 g/mol. The van der Waals surface area contributed by atoms with E-state index in [4.69, 9.17) is 4.74 Å². The molecule has 4 nitrogen and oxygen atoms in total. The van der Waals surface area contributed by atoms with E-state index >= 15 is 0 Å². The zero-order valence-electron chi connectivity index (χ0n) is 13.4. The van der Waals surface area contributed by atoms with Gasteiger partial charge in [0.1, 0.15) is 5.75 Å². The molecule has 3 aromatic rings. The fraction of sp³-hybridized carbons (Fsp3) is 0.150. The molecule has 1 aliphatic rings. The molecule has 24 heavy (non-hydrogen) atoms. The summed E-state index contributed by atoms with van der Waals surface area (Å²) >= 11 is 0. The van der Waals surface area contributed by atoms with E-state index in [1.165, 1.54) is 0 Å². The van der Waals surface area contributed by atoms with Crippen molar-refractivity contribution < 1.29 is 9.53 Å². The predicted octanol–water partition coefficient (Wildman–Crippen LogP) is 3.74. The molecule has 0 radical (unpaired) electrons. The maximum atomic E-state index is 12.5. The molecule has 0 saturated heterocycles. The van der Waals surface area contributed by atoms with E-state index in [0.29, 0.717) is 6.42 Å². The van der Waals surface area contributed by atoms with E-state index in [-0.39, 0.29) is 5.91 Å². The average molecular weight is 318 g/mol. The molecule has 4 rings (SSSR count). The molecule has 1 aromatic heterocycles. The molecule has 120 valence electrons. The molecule has 0 fully saturated rings. The Labute approximate surface area is 140 Å². The summed E-state index contributed by atoms with van der Waals surface area (Å²) in [6, 6.07) is 13.7. The molecule has 0 spiro atoms. The molecule has 0 aliphatic carbocycles. The van der Waals surface area contributed by atoms with Crippen molar-refractivity contribution in [1.29, 1.82) is 0 Å². The van der Waals surface area contributed by atoms with Crippen molar-refractivity contribution in [3.8, 4) is 5.75 Å². The van der Waals surface area contributed by atoms with Crippen LogP contribution < -0.4 is 10.1 Å². The summed E-state index contributed by atoms with van der Waals surface area (Å²) < 4.78 is 5.45. The van der Waals surface area contributed by atoms with Crippen LogP contribution in [0.5, 0.6) is 5.75 Å². The van der Waals surface area contributed by atoms with Crippen molar-refractivity contribution in [3.05, 3.63) is 78.0 Å². The maximum absolute atomic E-state index is 12.5. The minimum Gasteiger partial charge on any atom is -0.495 e. The first-order valence-electron chi connectivity index (χ1n) is 7.89. The number of ether oxygens (including phenoxy) is 1. The summed E-state index contributed by atoms with van der Waals surface area (Å²) in [6.45, 7) is 3.90. The van der Waals surface area contributed by atoms with Gasteiger partial charge in [-0.2, -0.15) is 0 Å². The smallest absolute Gasteiger partial charge is 0.252 e. The molecule has 0 unspecified atom stereocenters. The fourth-order valence-electron chi connectivity index (χ4n) is 3.73. The summed E-state index contributed by atoms with van der Waals surface area (Å²) in [5, 5.41) is 4.23. The number of hydrogen-bond donors (Lipinski definition) is 2. The van der Waals surface area contributed by atoms with Gasteiger partial charge >= 0.3 is 0 Å². The van der Waals surface area contributed by atoms with Crippen molar-refractivity contribution >= 4 is 16.8 Å². The summed E-state index contributed by atoms with van der Waals surface area (Å²) in [7, 11) is 1.65. The molecule has 2 heterocycles. The number of fused-ring (bicyclic) bond motifs is 2. The number of nitrogens with one attached hydrogen (secondary N) is 2. The minimum absolute atomic E-state index is 0.0512. The second kappa shape index (κ2) is 5.27. The second-order valence-corrected chi connectivity index (χ2v) is 5.98. The number of carbonyl (C=O) groups is 1. The van der Waals surface area contributed by atoms with Crippen LogP contribution in [0.2, 0.25) is 0 Å². The summed E-state index contributed by atoms with van der Waals surface area (Å²) in [5.74, 6) is 0.731. The number of hydrogen-bond acceptors (Lipinski definition) is 2. The van der Waals surface area contributed by atoms with Crippen LogP contribution in [0.25, 0.3) is 10.9 Å². The molecule has 1 atom stereocenters. The van der Waals surface area contributed by atoms with Crippen molar-refractivity contribution in [3.63, 3.8) is 0 Å². The standard InChI is InChI=1S/C20H18N2O2/c1-3-11-20(15-9-5-4-7-14(15)19(23)22-20)16-12-21-18-13(16)8-6-10-17(18)24-2/h3-10,12,21H,1,11H2,2H3,(H,22,23)/t20-/m1/s1. The number of H-pyrrole nitrogens is 1. The molecule has 0 saturated carbocycles. The predicted molar refractivity (Wildman–Crippen MR) is 94.4 cm³/mol. The minimum atomic E-state index is -0.611. The van der Waals surface area contributed by atoms with Gasteiger partial charge in [0.2, 0.25) is 0 Å². The zero-order valence-corrected chi connectivity index (χ0v) is 13.4. The fourth-order valence-corrected chi connectivity index (χ4v) is 3.73. The van der Waals surface area contributed by atoms with Crippen LogP contribution in [0.1, 0.15) is 27.9 Å². The zero-order chi connectivity index (χ0) is 16.7. The highest BCUT2D eigenvalue weighted by Gasteiger charge is 2.44. The van der Waals surface area contributed by atoms with Gasteiger partial charge in [0.05, 0.1) is 18.2 Å². The largest absolute Gasteiger partial charge is 0.495 e. The highest BCUT2D eigenvalue weighted by Crippen LogP contribution is 2.43. The van der Waals surface area contributed by atoms with Crippen LogP contribution in [-0.2, 0) is 5.54 Å². The van der Waals surface area contributed by atoms with E-state index in [0.717, 1.165) is 33.3 Å². The van der Waals surface area contributed by atoms with Gasteiger partial charge < -0.3 is 15.0 Å². The Bertz CT molecular complexity index is 957. The van der Waals surface area contributed by atoms with Gasteiger partial charge in [-0.05, 0) is 24.1 Å². The Hall–Kier alpha value is -3.01. The molecule has 2 aromatic carbocycles. The molecule has 1 amide bonds. The van der Waals surface area contributed by atoms with Crippen molar-refractivity contribution in [2.75, 3.05) is 7.11 Å². The molecule has 0 bridgehead atoms. The molecule has 2 N–H and O–H groups in total. The van der Waals surface area contributed by atoms with Gasteiger partial charge in [-0.1, -0.05) is 36.4 Å². The third kappa shape index (κ3) is 1.83. The third-order valence-corrected chi connectivity index (χ3v) is 4.77. The molecule has 1 aliphatic heterocycles. The summed E-state index contributed by atoms with van der Waals surface area (Å²) in [6.07, 6.45) is 4.42. The van der Waals surface area contributed by atoms with Crippen LogP contribution in [0, 0.1) is 0 Å². The number of rotatable bonds is 4. The Balaban J connectivity index is 2.02. The number of benzene rings is 2. The average Bonchev–Trinajstić information content (AvgIpc) is 3.16. The van der Waals surface area contributed by atoms with Gasteiger partial charge in [0, 0.05) is 22.7 Å². The lowest BCUT2D eigenvalue weighted by Gasteiger charge is -2.29. The number of aromatic amines is 1. The van der Waals surface area contributed by atoms with Crippen molar-refractivity contribution in [1.82, 2.24) is 10.3 Å². The summed E-state index contributed by atoms with van der Waals surface area (Å²) in [4.78, 5) is 15.8. The number of methoxy groups -OCH3 is 1. The Morgan fingerprint density at radius 2 is 2.00 bits per heavy atom. The van der Waals surface area contributed by atoms with E-state index in [1.54, 1.807) is 7.11 Å². The lowest BCUT2D eigenvalue weighted by atomic mass is 9.81. The lowest BCUT2D eigenvalue weighted by molar-refractivity contribution is 0.0941. The Kier molecular flexibility index (Phi) is 3.20. The van der Waals surface area contributed by atoms with Crippen molar-refractivity contribution in [2.45, 2.75) is 12.0 Å². The Morgan fingerprint density at radius 1 is 1.17 bits per heavy atom. The van der Waals surface area contributed by atoms with Crippen LogP contribution in [0.3, 0.4) is 0 Å². The first-order chi connectivity index (χ1) is 11.7. The number of para-hydroxylation sites is 1. The number of carbonyl (C=O) groups excluding carboxylic acids is 1.